The third kappa shape index (κ3) is 4.67. The first-order valence-electron chi connectivity index (χ1n) is 21.1. The Bertz CT molecular complexity index is 3500. The van der Waals surface area contributed by atoms with Crippen LogP contribution in [0.3, 0.4) is 0 Å². The molecule has 0 atom stereocenters. The van der Waals surface area contributed by atoms with E-state index in [-0.39, 0.29) is 0 Å². The molecule has 1 spiro atoms. The van der Waals surface area contributed by atoms with Gasteiger partial charge in [-0.05, 0) is 79.0 Å². The van der Waals surface area contributed by atoms with Crippen LogP contribution in [0.5, 0.6) is 0 Å². The first-order valence-corrected chi connectivity index (χ1v) is 21.1. The molecule has 2 nitrogen and oxygen atoms in total. The van der Waals surface area contributed by atoms with Crippen molar-refractivity contribution in [3.8, 4) is 44.5 Å². The van der Waals surface area contributed by atoms with E-state index in [4.69, 9.17) is 4.42 Å². The number of fused-ring (bicyclic) bond motifs is 15. The predicted octanol–water partition coefficient (Wildman–Crippen LogP) is 15.9. The molecule has 1 heterocycles. The molecule has 13 rings (SSSR count). The Hall–Kier alpha value is -7.94. The molecule has 1 aromatic heterocycles. The van der Waals surface area contributed by atoms with Crippen molar-refractivity contribution in [3.05, 3.63) is 247 Å². The Labute approximate surface area is 354 Å². The van der Waals surface area contributed by atoms with Crippen molar-refractivity contribution in [2.75, 3.05) is 4.90 Å². The minimum absolute atomic E-state index is 0.484. The minimum Gasteiger partial charge on any atom is -0.453 e. The monoisotopic (exact) mass is 775 g/mol. The normalized spacial score (nSPS) is 13.0. The second-order valence-corrected chi connectivity index (χ2v) is 16.3. The maximum Gasteiger partial charge on any atom is 0.160 e. The smallest absolute Gasteiger partial charge is 0.160 e. The van der Waals surface area contributed by atoms with Crippen LogP contribution in [0.2, 0.25) is 0 Å². The molecule has 0 amide bonds. The van der Waals surface area contributed by atoms with E-state index in [9.17, 15) is 0 Å². The van der Waals surface area contributed by atoms with Crippen molar-refractivity contribution in [1.82, 2.24) is 0 Å². The van der Waals surface area contributed by atoms with Crippen molar-refractivity contribution in [2.24, 2.45) is 0 Å². The third-order valence-electron chi connectivity index (χ3n) is 13.3. The summed E-state index contributed by atoms with van der Waals surface area (Å²) in [6.07, 6.45) is 0. The molecule has 0 saturated heterocycles. The van der Waals surface area contributed by atoms with E-state index in [1.807, 2.05) is 0 Å². The number of benzene rings is 10. The van der Waals surface area contributed by atoms with Crippen molar-refractivity contribution >= 4 is 49.8 Å². The first-order chi connectivity index (χ1) is 30.3. The van der Waals surface area contributed by atoms with Crippen LogP contribution in [0, 0.1) is 0 Å². The zero-order valence-corrected chi connectivity index (χ0v) is 33.2. The minimum atomic E-state index is -0.484. The Balaban J connectivity index is 1.19. The SMILES string of the molecule is c1ccc(-c2ccccc2N(c2cccc3c2-c2ccccc2C32c3ccccc3-c3ccccc32)c2cc3ccccc3c3c2oc2c(-c4ccccc4)cccc23)cc1. The number of furan rings is 1. The summed E-state index contributed by atoms with van der Waals surface area (Å²) in [6.45, 7) is 0. The van der Waals surface area contributed by atoms with Gasteiger partial charge in [0.15, 0.2) is 5.58 Å². The Morgan fingerprint density at radius 2 is 0.820 bits per heavy atom. The highest BCUT2D eigenvalue weighted by molar-refractivity contribution is 6.25. The summed E-state index contributed by atoms with van der Waals surface area (Å²) in [5.41, 5.74) is 19.3. The topological polar surface area (TPSA) is 16.4 Å². The van der Waals surface area contributed by atoms with Gasteiger partial charge in [0.25, 0.3) is 0 Å². The lowest BCUT2D eigenvalue weighted by Gasteiger charge is -2.32. The number of hydrogen-bond donors (Lipinski definition) is 0. The van der Waals surface area contributed by atoms with E-state index >= 15 is 0 Å². The van der Waals surface area contributed by atoms with Gasteiger partial charge in [-0.1, -0.05) is 206 Å². The summed E-state index contributed by atoms with van der Waals surface area (Å²) < 4.78 is 7.38. The third-order valence-corrected chi connectivity index (χ3v) is 13.3. The molecule has 284 valence electrons. The molecule has 0 fully saturated rings. The van der Waals surface area contributed by atoms with Crippen LogP contribution in [0.4, 0.5) is 17.1 Å². The molecule has 61 heavy (non-hydrogen) atoms. The molecule has 2 aliphatic carbocycles. The van der Waals surface area contributed by atoms with Crippen LogP contribution in [0.15, 0.2) is 229 Å². The second kappa shape index (κ2) is 13.0. The van der Waals surface area contributed by atoms with Gasteiger partial charge < -0.3 is 9.32 Å². The molecule has 0 unspecified atom stereocenters. The Morgan fingerprint density at radius 3 is 1.54 bits per heavy atom. The van der Waals surface area contributed by atoms with Gasteiger partial charge in [-0.3, -0.25) is 0 Å². The average Bonchev–Trinajstić information content (AvgIpc) is 3.98. The summed E-state index contributed by atoms with van der Waals surface area (Å²) in [6, 6.07) is 82.1. The molecule has 0 N–H and O–H groups in total. The standard InChI is InChI=1S/C59H37NO/c1-3-19-38(20-4-1)41-24-12-16-35-52(41)60(54-37-40-23-7-8-25-42(40)55-47-30-17-29-43(57(47)61-58(54)55)39-21-5-2-6-22-39)53-36-18-34-51-56(53)46-28-11-15-33-50(46)59(51)48-31-13-9-26-44(48)45-27-10-14-32-49(45)59/h1-37H. The number of para-hydroxylation sites is 2. The molecule has 0 bridgehead atoms. The first kappa shape index (κ1) is 34.0. The second-order valence-electron chi connectivity index (χ2n) is 16.3. The van der Waals surface area contributed by atoms with Crippen LogP contribution >= 0.6 is 0 Å². The number of hydrogen-bond acceptors (Lipinski definition) is 2. The largest absolute Gasteiger partial charge is 0.453 e. The van der Waals surface area contributed by atoms with Gasteiger partial charge in [0.1, 0.15) is 5.58 Å². The van der Waals surface area contributed by atoms with Gasteiger partial charge in [-0.25, -0.2) is 0 Å². The van der Waals surface area contributed by atoms with Gasteiger partial charge in [0.2, 0.25) is 0 Å². The van der Waals surface area contributed by atoms with E-state index in [0.29, 0.717) is 0 Å². The maximum atomic E-state index is 7.38. The van der Waals surface area contributed by atoms with Gasteiger partial charge in [-0.2, -0.15) is 0 Å². The summed E-state index contributed by atoms with van der Waals surface area (Å²) in [5.74, 6) is 0. The zero-order valence-electron chi connectivity index (χ0n) is 33.2. The van der Waals surface area contributed by atoms with Gasteiger partial charge >= 0.3 is 0 Å². The molecular weight excluding hydrogens is 739 g/mol. The van der Waals surface area contributed by atoms with Gasteiger partial charge in [0.05, 0.1) is 22.5 Å². The zero-order chi connectivity index (χ0) is 40.1. The van der Waals surface area contributed by atoms with E-state index in [2.05, 4.69) is 229 Å². The number of nitrogens with zero attached hydrogens (tertiary/aromatic N) is 1. The lowest BCUT2D eigenvalue weighted by molar-refractivity contribution is 0.670. The Kier molecular flexibility index (Phi) is 7.26. The van der Waals surface area contributed by atoms with Gasteiger partial charge in [-0.15, -0.1) is 0 Å². The summed E-state index contributed by atoms with van der Waals surface area (Å²) in [7, 11) is 0. The summed E-state index contributed by atoms with van der Waals surface area (Å²) >= 11 is 0. The predicted molar refractivity (Wildman–Crippen MR) is 253 cm³/mol. The molecule has 0 saturated carbocycles. The fraction of sp³-hybridized carbons (Fsp3) is 0.0169. The molecule has 10 aromatic carbocycles. The highest BCUT2D eigenvalue weighted by Crippen LogP contribution is 2.65. The highest BCUT2D eigenvalue weighted by atomic mass is 16.3. The van der Waals surface area contributed by atoms with Crippen LogP contribution in [-0.2, 0) is 5.41 Å². The van der Waals surface area contributed by atoms with Crippen LogP contribution < -0.4 is 4.90 Å². The van der Waals surface area contributed by atoms with Crippen molar-refractivity contribution in [2.45, 2.75) is 5.41 Å². The van der Waals surface area contributed by atoms with Crippen molar-refractivity contribution in [1.29, 1.82) is 0 Å². The molecule has 0 radical (unpaired) electrons. The highest BCUT2D eigenvalue weighted by Gasteiger charge is 2.52. The summed E-state index contributed by atoms with van der Waals surface area (Å²) in [4.78, 5) is 2.50. The molecule has 11 aromatic rings. The molecule has 0 aliphatic heterocycles. The molecule has 2 heteroatoms. The molecule has 2 aliphatic rings. The molecular formula is C59H37NO. The average molecular weight is 776 g/mol. The van der Waals surface area contributed by atoms with E-state index < -0.39 is 5.41 Å². The quantitative estimate of drug-likeness (QED) is 0.173. The van der Waals surface area contributed by atoms with Crippen molar-refractivity contribution < 1.29 is 4.42 Å². The summed E-state index contributed by atoms with van der Waals surface area (Å²) in [5, 5.41) is 4.55. The number of anilines is 3. The van der Waals surface area contributed by atoms with E-state index in [1.54, 1.807) is 0 Å². The van der Waals surface area contributed by atoms with Gasteiger partial charge in [0, 0.05) is 27.5 Å². The van der Waals surface area contributed by atoms with Crippen LogP contribution in [0.1, 0.15) is 22.3 Å². The van der Waals surface area contributed by atoms with Crippen molar-refractivity contribution in [3.63, 3.8) is 0 Å². The lowest BCUT2D eigenvalue weighted by atomic mass is 9.70. The van der Waals surface area contributed by atoms with E-state index in [1.165, 1.54) is 49.9 Å². The fourth-order valence-corrected chi connectivity index (χ4v) is 10.9. The fourth-order valence-electron chi connectivity index (χ4n) is 10.9. The lowest BCUT2D eigenvalue weighted by Crippen LogP contribution is -2.26. The van der Waals surface area contributed by atoms with Crippen LogP contribution in [-0.4, -0.2) is 0 Å². The van der Waals surface area contributed by atoms with Crippen LogP contribution in [0.25, 0.3) is 77.2 Å². The maximum absolute atomic E-state index is 7.38. The number of rotatable bonds is 5. The Morgan fingerprint density at radius 1 is 0.328 bits per heavy atom. The van der Waals surface area contributed by atoms with E-state index in [0.717, 1.165) is 66.6 Å².